The second-order valence-electron chi connectivity index (χ2n) is 6.11. The quantitative estimate of drug-likeness (QED) is 0.664. The molecule has 0 fully saturated rings. The van der Waals surface area contributed by atoms with Crippen molar-refractivity contribution in [2.45, 2.75) is 20.4 Å². The van der Waals surface area contributed by atoms with E-state index in [0.29, 0.717) is 29.1 Å². The number of phenolic OH excluding ortho intramolecular Hbond substituents is 1. The molecule has 7 heteroatoms. The van der Waals surface area contributed by atoms with Gasteiger partial charge in [0.05, 0.1) is 16.8 Å². The summed E-state index contributed by atoms with van der Waals surface area (Å²) in [7, 11) is -3.32. The third kappa shape index (κ3) is 3.80. The lowest BCUT2D eigenvalue weighted by Crippen LogP contribution is -2.14. The zero-order chi connectivity index (χ0) is 20.3. The topological polar surface area (TPSA) is 95.1 Å². The third-order valence-electron chi connectivity index (χ3n) is 4.34. The number of phenols is 1. The highest BCUT2D eigenvalue weighted by Gasteiger charge is 2.15. The van der Waals surface area contributed by atoms with Crippen molar-refractivity contribution in [3.8, 4) is 23.7 Å². The number of nitrogens with one attached hydrogen (secondary N) is 1. The van der Waals surface area contributed by atoms with Crippen LogP contribution in [0, 0.1) is 23.2 Å². The summed E-state index contributed by atoms with van der Waals surface area (Å²) in [6.07, 6.45) is 0. The number of anilines is 1. The normalized spacial score (nSPS) is 10.9. The molecule has 0 aliphatic carbocycles. The second kappa shape index (κ2) is 7.67. The number of benzene rings is 2. The van der Waals surface area contributed by atoms with Crippen molar-refractivity contribution in [3.63, 3.8) is 0 Å². The van der Waals surface area contributed by atoms with Gasteiger partial charge in [0.2, 0.25) is 10.0 Å². The number of fused-ring (bicyclic) bond motifs is 1. The molecule has 0 spiro atoms. The van der Waals surface area contributed by atoms with Gasteiger partial charge in [-0.1, -0.05) is 5.92 Å². The number of hydrogen-bond donors (Lipinski definition) is 2. The van der Waals surface area contributed by atoms with Gasteiger partial charge in [-0.25, -0.2) is 8.42 Å². The molecule has 0 bridgehead atoms. The molecule has 0 aliphatic rings. The van der Waals surface area contributed by atoms with Gasteiger partial charge in [-0.2, -0.15) is 5.26 Å². The monoisotopic (exact) mass is 393 g/mol. The molecule has 0 radical (unpaired) electrons. The van der Waals surface area contributed by atoms with E-state index < -0.39 is 10.0 Å². The molecule has 1 heterocycles. The minimum atomic E-state index is -3.32. The first-order valence-electron chi connectivity index (χ1n) is 8.76. The number of aromatic nitrogens is 1. The largest absolute Gasteiger partial charge is 0.508 e. The number of nitrogens with zero attached hydrogens (tertiary/aromatic N) is 2. The summed E-state index contributed by atoms with van der Waals surface area (Å²) < 4.78 is 27.6. The molecule has 0 atom stereocenters. The van der Waals surface area contributed by atoms with Crippen molar-refractivity contribution in [1.82, 2.24) is 4.57 Å². The van der Waals surface area contributed by atoms with E-state index in [4.69, 9.17) is 0 Å². The first kappa shape index (κ1) is 19.3. The molecule has 0 saturated heterocycles. The highest BCUT2D eigenvalue weighted by molar-refractivity contribution is 7.92. The summed E-state index contributed by atoms with van der Waals surface area (Å²) in [5.74, 6) is 6.22. The minimum absolute atomic E-state index is 0.00259. The number of aromatic hydroxyl groups is 1. The van der Waals surface area contributed by atoms with Gasteiger partial charge in [0, 0.05) is 29.2 Å². The van der Waals surface area contributed by atoms with Crippen molar-refractivity contribution in [1.29, 1.82) is 5.26 Å². The van der Waals surface area contributed by atoms with Gasteiger partial charge in [-0.15, -0.1) is 0 Å². The number of hydrogen-bond acceptors (Lipinski definition) is 4. The summed E-state index contributed by atoms with van der Waals surface area (Å²) >= 11 is 0. The number of sulfonamides is 1. The molecule has 2 aromatic carbocycles. The fourth-order valence-electron chi connectivity index (χ4n) is 2.91. The Morgan fingerprint density at radius 3 is 2.43 bits per heavy atom. The van der Waals surface area contributed by atoms with Crippen LogP contribution in [-0.2, 0) is 16.6 Å². The van der Waals surface area contributed by atoms with Crippen LogP contribution >= 0.6 is 0 Å². The molecule has 3 aromatic rings. The van der Waals surface area contributed by atoms with Gasteiger partial charge < -0.3 is 9.67 Å². The van der Waals surface area contributed by atoms with Crippen LogP contribution in [0.15, 0.2) is 42.5 Å². The predicted octanol–water partition coefficient (Wildman–Crippen LogP) is 3.40. The van der Waals surface area contributed by atoms with E-state index in [1.54, 1.807) is 49.4 Å². The van der Waals surface area contributed by atoms with E-state index in [9.17, 15) is 18.8 Å². The Hall–Kier alpha value is -3.42. The maximum Gasteiger partial charge on any atom is 0.232 e. The average Bonchev–Trinajstić information content (AvgIpc) is 2.98. The van der Waals surface area contributed by atoms with E-state index >= 15 is 0 Å². The lowest BCUT2D eigenvalue weighted by atomic mass is 10.1. The molecule has 3 rings (SSSR count). The van der Waals surface area contributed by atoms with E-state index in [1.807, 2.05) is 11.5 Å². The highest BCUT2D eigenvalue weighted by atomic mass is 32.2. The molecule has 6 nitrogen and oxygen atoms in total. The maximum absolute atomic E-state index is 11.6. The summed E-state index contributed by atoms with van der Waals surface area (Å²) in [5.41, 5.74) is 2.98. The molecule has 1 aromatic heterocycles. The highest BCUT2D eigenvalue weighted by Crippen LogP contribution is 2.28. The van der Waals surface area contributed by atoms with Crippen LogP contribution in [0.4, 0.5) is 5.69 Å². The standard InChI is InChI=1S/C21H19N3O3S/c1-3-24-20(19(14-22)18-11-10-17(25)13-21(18)24)12-7-15-5-8-16(9-6-15)23-28(26,27)4-2/h5-6,8-11,13,23,25H,3-4H2,1-2H3. The second-order valence-corrected chi connectivity index (χ2v) is 8.12. The maximum atomic E-state index is 11.6. The van der Waals surface area contributed by atoms with Crippen LogP contribution < -0.4 is 4.72 Å². The van der Waals surface area contributed by atoms with Crippen LogP contribution in [0.2, 0.25) is 0 Å². The third-order valence-corrected chi connectivity index (χ3v) is 5.65. The van der Waals surface area contributed by atoms with Crippen LogP contribution in [-0.4, -0.2) is 23.8 Å². The lowest BCUT2D eigenvalue weighted by molar-refractivity contribution is 0.476. The van der Waals surface area contributed by atoms with Crippen molar-refractivity contribution in [2.75, 3.05) is 10.5 Å². The van der Waals surface area contributed by atoms with Gasteiger partial charge in [0.25, 0.3) is 0 Å². The van der Waals surface area contributed by atoms with Crippen LogP contribution in [0.25, 0.3) is 10.9 Å². The fraction of sp³-hybridized carbons (Fsp3) is 0.190. The Morgan fingerprint density at radius 2 is 1.82 bits per heavy atom. The Bertz CT molecular complexity index is 1240. The Morgan fingerprint density at radius 1 is 1.11 bits per heavy atom. The molecule has 0 amide bonds. The molecular formula is C21H19N3O3S. The van der Waals surface area contributed by atoms with Gasteiger partial charge >= 0.3 is 0 Å². The zero-order valence-electron chi connectivity index (χ0n) is 15.5. The number of nitriles is 1. The summed E-state index contributed by atoms with van der Waals surface area (Å²) in [6, 6.07) is 13.8. The first-order valence-corrected chi connectivity index (χ1v) is 10.4. The Kier molecular flexibility index (Phi) is 5.30. The van der Waals surface area contributed by atoms with Crippen molar-refractivity contribution < 1.29 is 13.5 Å². The lowest BCUT2D eigenvalue weighted by Gasteiger charge is -2.05. The Labute approximate surface area is 164 Å². The van der Waals surface area contributed by atoms with Gasteiger partial charge in [0.1, 0.15) is 17.5 Å². The molecule has 142 valence electrons. The number of rotatable bonds is 4. The molecule has 0 unspecified atom stereocenters. The fourth-order valence-corrected chi connectivity index (χ4v) is 3.55. The molecule has 0 aliphatic heterocycles. The molecule has 2 N–H and O–H groups in total. The molecule has 28 heavy (non-hydrogen) atoms. The Balaban J connectivity index is 2.00. The smallest absolute Gasteiger partial charge is 0.232 e. The van der Waals surface area contributed by atoms with Gasteiger partial charge in [-0.3, -0.25) is 4.72 Å². The van der Waals surface area contributed by atoms with Gasteiger partial charge in [-0.05, 0) is 56.2 Å². The van der Waals surface area contributed by atoms with E-state index in [0.717, 1.165) is 10.9 Å². The van der Waals surface area contributed by atoms with Crippen molar-refractivity contribution >= 4 is 26.6 Å². The van der Waals surface area contributed by atoms with E-state index in [-0.39, 0.29) is 11.5 Å². The SMILES string of the molecule is CCn1c(C#Cc2ccc(NS(=O)(=O)CC)cc2)c(C#N)c2ccc(O)cc21. The summed E-state index contributed by atoms with van der Waals surface area (Å²) in [6.45, 7) is 4.12. The number of aryl methyl sites for hydroxylation is 1. The van der Waals surface area contributed by atoms with Crippen molar-refractivity contribution in [3.05, 3.63) is 59.3 Å². The van der Waals surface area contributed by atoms with E-state index in [1.165, 1.54) is 0 Å². The minimum Gasteiger partial charge on any atom is -0.508 e. The summed E-state index contributed by atoms with van der Waals surface area (Å²) in [4.78, 5) is 0. The van der Waals surface area contributed by atoms with Gasteiger partial charge in [0.15, 0.2) is 0 Å². The molecule has 0 saturated carbocycles. The first-order chi connectivity index (χ1) is 13.4. The molecular weight excluding hydrogens is 374 g/mol. The van der Waals surface area contributed by atoms with Crippen LogP contribution in [0.5, 0.6) is 5.75 Å². The average molecular weight is 393 g/mol. The van der Waals surface area contributed by atoms with Crippen LogP contribution in [0.1, 0.15) is 30.7 Å². The van der Waals surface area contributed by atoms with Crippen LogP contribution in [0.3, 0.4) is 0 Å². The summed E-state index contributed by atoms with van der Waals surface area (Å²) in [5, 5.41) is 20.1. The zero-order valence-corrected chi connectivity index (χ0v) is 16.3. The van der Waals surface area contributed by atoms with Crippen molar-refractivity contribution in [2.24, 2.45) is 0 Å². The van der Waals surface area contributed by atoms with E-state index in [2.05, 4.69) is 22.6 Å². The predicted molar refractivity (Wildman–Crippen MR) is 109 cm³/mol.